The fourth-order valence-electron chi connectivity index (χ4n) is 8.23. The number of nitrogens with zero attached hydrogens (tertiary/aromatic N) is 1. The van der Waals surface area contributed by atoms with Crippen molar-refractivity contribution < 1.29 is 4.74 Å². The molecule has 1 aliphatic heterocycles. The molecular weight excluding hydrogens is 669 g/mol. The number of ether oxygens (including phenoxy) is 1. The van der Waals surface area contributed by atoms with Crippen LogP contribution in [0.25, 0.3) is 33.0 Å². The zero-order valence-electron chi connectivity index (χ0n) is 30.4. The van der Waals surface area contributed by atoms with E-state index in [4.69, 9.17) is 4.74 Å². The van der Waals surface area contributed by atoms with E-state index in [0.717, 1.165) is 62.4 Å². The van der Waals surface area contributed by atoms with Crippen LogP contribution in [0.15, 0.2) is 218 Å². The summed E-state index contributed by atoms with van der Waals surface area (Å²) >= 11 is 0. The van der Waals surface area contributed by atoms with Gasteiger partial charge in [-0.2, -0.15) is 0 Å². The maximum atomic E-state index is 6.88. The largest absolute Gasteiger partial charge is 0.464 e. The van der Waals surface area contributed by atoms with Crippen molar-refractivity contribution in [2.24, 2.45) is 5.92 Å². The Labute approximate surface area is 322 Å². The molecule has 1 N–H and O–H groups in total. The molecule has 1 heterocycles. The molecule has 264 valence electrons. The Hall–Kier alpha value is -6.84. The Balaban J connectivity index is 1.07. The van der Waals surface area contributed by atoms with Gasteiger partial charge in [0.15, 0.2) is 12.0 Å². The molecule has 4 aliphatic rings. The minimum atomic E-state index is -0.288. The van der Waals surface area contributed by atoms with E-state index in [-0.39, 0.29) is 12.1 Å². The number of rotatable bonds is 7. The third kappa shape index (κ3) is 6.45. The van der Waals surface area contributed by atoms with Crippen LogP contribution in [0, 0.1) is 5.92 Å². The van der Waals surface area contributed by atoms with Gasteiger partial charge in [0.05, 0.1) is 5.69 Å². The zero-order chi connectivity index (χ0) is 36.6. The first-order valence-electron chi connectivity index (χ1n) is 19.2. The molecule has 0 saturated heterocycles. The molecule has 0 radical (unpaired) electrons. The standard InChI is InChI=1S/C52H40N2O/c1-3-15-38(16-4-1)41-20-9-23-45(33-41)54(46-24-10-21-42(34-46)39-17-5-2-6-18-39)47-25-11-22-43(35-47)48-26-12-19-40-29-30-49-51(50(40)48)55-52(53-49)44-28-27-36-13-7-8-14-37(31-36)32-44/h1-17,19-36,39,52-53H,18H2. The predicted molar refractivity (Wildman–Crippen MR) is 230 cm³/mol. The van der Waals surface area contributed by atoms with E-state index in [9.17, 15) is 0 Å². The lowest BCUT2D eigenvalue weighted by atomic mass is 9.92. The van der Waals surface area contributed by atoms with Crippen LogP contribution >= 0.6 is 0 Å². The predicted octanol–water partition coefficient (Wildman–Crippen LogP) is 13.5. The molecule has 0 amide bonds. The highest BCUT2D eigenvalue weighted by Gasteiger charge is 2.28. The summed E-state index contributed by atoms with van der Waals surface area (Å²) in [6, 6.07) is 48.4. The second kappa shape index (κ2) is 14.2. The summed E-state index contributed by atoms with van der Waals surface area (Å²) in [4.78, 5) is 2.40. The fraction of sp³-hybridized carbons (Fsp3) is 0.0769. The summed E-state index contributed by atoms with van der Waals surface area (Å²) in [6.45, 7) is 0. The van der Waals surface area contributed by atoms with Crippen molar-refractivity contribution >= 4 is 33.5 Å². The molecule has 3 unspecified atom stereocenters. The summed E-state index contributed by atoms with van der Waals surface area (Å²) in [5.74, 6) is 1.51. The van der Waals surface area contributed by atoms with Gasteiger partial charge in [0, 0.05) is 39.9 Å². The van der Waals surface area contributed by atoms with Crippen LogP contribution < -0.4 is 15.0 Å². The van der Waals surface area contributed by atoms with Crippen molar-refractivity contribution in [3.05, 3.63) is 223 Å². The Kier molecular flexibility index (Phi) is 8.46. The fourth-order valence-corrected chi connectivity index (χ4v) is 8.23. The molecule has 10 rings (SSSR count). The van der Waals surface area contributed by atoms with Gasteiger partial charge < -0.3 is 15.0 Å². The Morgan fingerprint density at radius 2 is 1.36 bits per heavy atom. The summed E-state index contributed by atoms with van der Waals surface area (Å²) in [6.07, 6.45) is 27.1. The zero-order valence-corrected chi connectivity index (χ0v) is 30.4. The Morgan fingerprint density at radius 1 is 0.600 bits per heavy atom. The number of allylic oxidation sites excluding steroid dienone is 12. The maximum Gasteiger partial charge on any atom is 0.196 e. The first-order valence-corrected chi connectivity index (χ1v) is 19.2. The van der Waals surface area contributed by atoms with E-state index in [1.807, 2.05) is 0 Å². The molecular formula is C52H40N2O. The smallest absolute Gasteiger partial charge is 0.196 e. The van der Waals surface area contributed by atoms with Gasteiger partial charge >= 0.3 is 0 Å². The second-order valence-electron chi connectivity index (χ2n) is 14.5. The van der Waals surface area contributed by atoms with Gasteiger partial charge in [-0.3, -0.25) is 0 Å². The number of hydrogen-bond donors (Lipinski definition) is 1. The van der Waals surface area contributed by atoms with Crippen LogP contribution in [-0.4, -0.2) is 6.23 Å². The normalized spacial score (nSPS) is 19.2. The SMILES string of the molecule is C1=CCC(c2cccc(N(c3cccc(-c4ccccc4)c3)c3cccc(-c4cccc5ccc6c(c45)OC(C4=CC5=CC(C=CC=C5)C=C4)N6)c3)c2)C=C1. The number of fused-ring (bicyclic) bond motifs is 4. The summed E-state index contributed by atoms with van der Waals surface area (Å²) in [7, 11) is 0. The van der Waals surface area contributed by atoms with Crippen molar-refractivity contribution in [3.63, 3.8) is 0 Å². The van der Waals surface area contributed by atoms with Crippen molar-refractivity contribution in [1.29, 1.82) is 0 Å². The lowest BCUT2D eigenvalue weighted by molar-refractivity contribution is 0.297. The van der Waals surface area contributed by atoms with Gasteiger partial charge in [0.25, 0.3) is 0 Å². The maximum absolute atomic E-state index is 6.88. The van der Waals surface area contributed by atoms with Crippen LogP contribution in [0.5, 0.6) is 5.75 Å². The quantitative estimate of drug-likeness (QED) is 0.179. The third-order valence-electron chi connectivity index (χ3n) is 10.9. The van der Waals surface area contributed by atoms with E-state index in [1.54, 1.807) is 0 Å². The lowest BCUT2D eigenvalue weighted by Gasteiger charge is -2.28. The minimum Gasteiger partial charge on any atom is -0.464 e. The summed E-state index contributed by atoms with van der Waals surface area (Å²) < 4.78 is 6.88. The molecule has 6 aromatic carbocycles. The van der Waals surface area contributed by atoms with Gasteiger partial charge in [0.1, 0.15) is 0 Å². The Bertz CT molecular complexity index is 2650. The van der Waals surface area contributed by atoms with Crippen LogP contribution in [0.1, 0.15) is 17.9 Å². The molecule has 3 nitrogen and oxygen atoms in total. The highest BCUT2D eigenvalue weighted by molar-refractivity contribution is 6.05. The minimum absolute atomic E-state index is 0.270. The number of nitrogens with one attached hydrogen (secondary N) is 1. The van der Waals surface area contributed by atoms with E-state index in [0.29, 0.717) is 5.92 Å². The highest BCUT2D eigenvalue weighted by atomic mass is 16.5. The van der Waals surface area contributed by atoms with Crippen molar-refractivity contribution in [2.75, 3.05) is 10.2 Å². The molecule has 3 aliphatic carbocycles. The molecule has 0 saturated carbocycles. The number of benzene rings is 6. The second-order valence-corrected chi connectivity index (χ2v) is 14.5. The van der Waals surface area contributed by atoms with Crippen LogP contribution in [0.2, 0.25) is 0 Å². The molecule has 3 atom stereocenters. The van der Waals surface area contributed by atoms with Gasteiger partial charge in [-0.15, -0.1) is 0 Å². The average Bonchev–Trinajstić information content (AvgIpc) is 3.42. The molecule has 6 aromatic rings. The van der Waals surface area contributed by atoms with E-state index in [2.05, 4.69) is 217 Å². The van der Waals surface area contributed by atoms with Crippen molar-refractivity contribution in [1.82, 2.24) is 0 Å². The molecule has 55 heavy (non-hydrogen) atoms. The van der Waals surface area contributed by atoms with Gasteiger partial charge in [-0.25, -0.2) is 0 Å². The van der Waals surface area contributed by atoms with E-state index < -0.39 is 0 Å². The first kappa shape index (κ1) is 32.8. The lowest BCUT2D eigenvalue weighted by Crippen LogP contribution is -2.22. The highest BCUT2D eigenvalue weighted by Crippen LogP contribution is 2.46. The van der Waals surface area contributed by atoms with Gasteiger partial charge in [-0.05, 0) is 93.7 Å². The van der Waals surface area contributed by atoms with Gasteiger partial charge in [0.2, 0.25) is 0 Å². The molecule has 0 spiro atoms. The number of hydrogen-bond acceptors (Lipinski definition) is 3. The third-order valence-corrected chi connectivity index (χ3v) is 10.9. The monoisotopic (exact) mass is 708 g/mol. The molecule has 2 bridgehead atoms. The van der Waals surface area contributed by atoms with Crippen LogP contribution in [0.3, 0.4) is 0 Å². The molecule has 3 heteroatoms. The first-order chi connectivity index (χ1) is 27.2. The van der Waals surface area contributed by atoms with Gasteiger partial charge in [-0.1, -0.05) is 158 Å². The Morgan fingerprint density at radius 3 is 2.22 bits per heavy atom. The average molecular weight is 709 g/mol. The van der Waals surface area contributed by atoms with E-state index in [1.165, 1.54) is 22.3 Å². The van der Waals surface area contributed by atoms with Crippen molar-refractivity contribution in [2.45, 2.75) is 18.6 Å². The van der Waals surface area contributed by atoms with E-state index >= 15 is 0 Å². The number of anilines is 4. The summed E-state index contributed by atoms with van der Waals surface area (Å²) in [5.41, 5.74) is 12.6. The van der Waals surface area contributed by atoms with Crippen LogP contribution in [0.4, 0.5) is 22.7 Å². The van der Waals surface area contributed by atoms with Crippen molar-refractivity contribution in [3.8, 4) is 28.0 Å². The van der Waals surface area contributed by atoms with Crippen LogP contribution in [-0.2, 0) is 0 Å². The molecule has 0 fully saturated rings. The molecule has 0 aromatic heterocycles. The summed E-state index contributed by atoms with van der Waals surface area (Å²) in [5, 5.41) is 5.95. The topological polar surface area (TPSA) is 24.5 Å².